The summed E-state index contributed by atoms with van der Waals surface area (Å²) in [6.45, 7) is 7.16. The van der Waals surface area contributed by atoms with Gasteiger partial charge >= 0.3 is 0 Å². The van der Waals surface area contributed by atoms with Crippen LogP contribution in [-0.4, -0.2) is 47.3 Å². The van der Waals surface area contributed by atoms with Gasteiger partial charge in [-0.25, -0.2) is 9.97 Å². The lowest BCUT2D eigenvalue weighted by Crippen LogP contribution is -2.52. The maximum absolute atomic E-state index is 5.38. The molecule has 2 aromatic heterocycles. The molecule has 186 valence electrons. The average Bonchev–Trinajstić information content (AvgIpc) is 3.34. The van der Waals surface area contributed by atoms with E-state index in [0.29, 0.717) is 6.04 Å². The Kier molecular flexibility index (Phi) is 6.01. The molecule has 5 aromatic rings. The Morgan fingerprint density at radius 3 is 2.27 bits per heavy atom. The fourth-order valence-electron chi connectivity index (χ4n) is 5.33. The van der Waals surface area contributed by atoms with Crippen LogP contribution < -0.4 is 14.5 Å². The second kappa shape index (κ2) is 9.62. The predicted molar refractivity (Wildman–Crippen MR) is 151 cm³/mol. The average molecular weight is 490 g/mol. The van der Waals surface area contributed by atoms with E-state index in [0.717, 1.165) is 59.0 Å². The molecule has 3 heterocycles. The number of piperazine rings is 1. The van der Waals surface area contributed by atoms with Crippen LogP contribution in [0.25, 0.3) is 27.8 Å². The number of ether oxygens (including phenoxy) is 1. The van der Waals surface area contributed by atoms with E-state index in [1.807, 2.05) is 12.1 Å². The smallest absolute Gasteiger partial charge is 0.150 e. The Labute approximate surface area is 217 Å². The fraction of sp³-hybridized carbons (Fsp3) is 0.226. The highest BCUT2D eigenvalue weighted by atomic mass is 16.5. The number of methoxy groups -OCH3 is 1. The zero-order valence-corrected chi connectivity index (χ0v) is 21.5. The molecule has 1 atom stereocenters. The van der Waals surface area contributed by atoms with Crippen molar-refractivity contribution in [3.63, 3.8) is 0 Å². The van der Waals surface area contributed by atoms with E-state index >= 15 is 0 Å². The molecule has 0 aliphatic carbocycles. The van der Waals surface area contributed by atoms with Gasteiger partial charge in [-0.05, 0) is 55.8 Å². The summed E-state index contributed by atoms with van der Waals surface area (Å²) in [5, 5.41) is 1.08. The first-order valence-electron chi connectivity index (χ1n) is 12.8. The van der Waals surface area contributed by atoms with Gasteiger partial charge in [0.05, 0.1) is 12.5 Å². The van der Waals surface area contributed by atoms with Gasteiger partial charge in [0.15, 0.2) is 5.65 Å². The molecule has 0 amide bonds. The predicted octanol–water partition coefficient (Wildman–Crippen LogP) is 6.12. The Morgan fingerprint density at radius 1 is 0.838 bits per heavy atom. The molecule has 1 saturated heterocycles. The van der Waals surface area contributed by atoms with Crippen LogP contribution in [0.3, 0.4) is 0 Å². The molecule has 6 nitrogen and oxygen atoms in total. The Balaban J connectivity index is 1.43. The minimum absolute atomic E-state index is 0.352. The lowest BCUT2D eigenvalue weighted by Gasteiger charge is -2.42. The maximum Gasteiger partial charge on any atom is 0.150 e. The zero-order valence-electron chi connectivity index (χ0n) is 21.5. The van der Waals surface area contributed by atoms with Crippen LogP contribution in [0, 0.1) is 6.92 Å². The number of hydrogen-bond acceptors (Lipinski definition) is 5. The van der Waals surface area contributed by atoms with Crippen LogP contribution in [0.15, 0.2) is 91.4 Å². The Hall–Kier alpha value is -4.32. The third kappa shape index (κ3) is 4.29. The van der Waals surface area contributed by atoms with Crippen LogP contribution in [-0.2, 0) is 0 Å². The first-order chi connectivity index (χ1) is 18.1. The van der Waals surface area contributed by atoms with Gasteiger partial charge < -0.3 is 19.1 Å². The van der Waals surface area contributed by atoms with Crippen molar-refractivity contribution in [3.05, 3.63) is 97.0 Å². The van der Waals surface area contributed by atoms with Gasteiger partial charge in [0.1, 0.15) is 17.9 Å². The number of rotatable bonds is 5. The van der Waals surface area contributed by atoms with Crippen molar-refractivity contribution in [2.45, 2.75) is 19.9 Å². The molecular formula is C31H31N5O. The third-order valence-electron chi connectivity index (χ3n) is 7.29. The quantitative estimate of drug-likeness (QED) is 0.298. The number of fused-ring (bicyclic) bond motifs is 1. The maximum atomic E-state index is 5.38. The monoisotopic (exact) mass is 489 g/mol. The summed E-state index contributed by atoms with van der Waals surface area (Å²) in [7, 11) is 1.69. The molecule has 1 aliphatic rings. The lowest BCUT2D eigenvalue weighted by molar-refractivity contribution is 0.415. The van der Waals surface area contributed by atoms with E-state index in [2.05, 4.69) is 101 Å². The van der Waals surface area contributed by atoms with E-state index in [1.165, 1.54) is 11.3 Å². The van der Waals surface area contributed by atoms with Gasteiger partial charge in [0.25, 0.3) is 0 Å². The van der Waals surface area contributed by atoms with Crippen LogP contribution in [0.5, 0.6) is 5.75 Å². The Bertz CT molecular complexity index is 1510. The highest BCUT2D eigenvalue weighted by Gasteiger charge is 2.28. The van der Waals surface area contributed by atoms with E-state index < -0.39 is 0 Å². The number of nitrogens with zero attached hydrogens (tertiary/aromatic N) is 5. The topological polar surface area (TPSA) is 46.4 Å². The largest absolute Gasteiger partial charge is 0.497 e. The second-order valence-corrected chi connectivity index (χ2v) is 9.70. The molecule has 0 saturated carbocycles. The van der Waals surface area contributed by atoms with Gasteiger partial charge in [0, 0.05) is 48.8 Å². The van der Waals surface area contributed by atoms with E-state index in [-0.39, 0.29) is 0 Å². The molecule has 0 unspecified atom stereocenters. The van der Waals surface area contributed by atoms with Crippen LogP contribution in [0.2, 0.25) is 0 Å². The summed E-state index contributed by atoms with van der Waals surface area (Å²) in [5.74, 6) is 1.82. The molecule has 3 aromatic carbocycles. The summed E-state index contributed by atoms with van der Waals surface area (Å²) in [4.78, 5) is 14.5. The number of anilines is 2. The number of benzene rings is 3. The van der Waals surface area contributed by atoms with E-state index in [9.17, 15) is 0 Å². The van der Waals surface area contributed by atoms with Crippen molar-refractivity contribution >= 4 is 22.5 Å². The molecular weight excluding hydrogens is 458 g/mol. The minimum Gasteiger partial charge on any atom is -0.497 e. The van der Waals surface area contributed by atoms with Crippen LogP contribution in [0.4, 0.5) is 11.5 Å². The number of hydrogen-bond donors (Lipinski definition) is 0. The molecule has 0 N–H and O–H groups in total. The van der Waals surface area contributed by atoms with Crippen molar-refractivity contribution < 1.29 is 4.74 Å². The third-order valence-corrected chi connectivity index (χ3v) is 7.29. The molecule has 0 spiro atoms. The highest BCUT2D eigenvalue weighted by Crippen LogP contribution is 2.37. The minimum atomic E-state index is 0.352. The van der Waals surface area contributed by atoms with Gasteiger partial charge in [-0.2, -0.15) is 0 Å². The normalized spacial score (nSPS) is 15.8. The van der Waals surface area contributed by atoms with Gasteiger partial charge in [0.2, 0.25) is 0 Å². The fourth-order valence-corrected chi connectivity index (χ4v) is 5.33. The SMILES string of the molecule is COc1ccc(-n2cc(-c3ccccc3)c3c(N4CCN(c5ccc(C)cc5)[C@@H](C)C4)ncnc32)cc1. The van der Waals surface area contributed by atoms with Crippen molar-refractivity contribution in [1.29, 1.82) is 0 Å². The van der Waals surface area contributed by atoms with Gasteiger partial charge in [-0.15, -0.1) is 0 Å². The van der Waals surface area contributed by atoms with Crippen molar-refractivity contribution in [1.82, 2.24) is 14.5 Å². The molecule has 6 heteroatoms. The second-order valence-electron chi connectivity index (χ2n) is 9.70. The van der Waals surface area contributed by atoms with E-state index in [4.69, 9.17) is 14.7 Å². The first kappa shape index (κ1) is 23.1. The molecule has 6 rings (SSSR count). The van der Waals surface area contributed by atoms with Crippen molar-refractivity contribution in [2.24, 2.45) is 0 Å². The summed E-state index contributed by atoms with van der Waals surface area (Å²) < 4.78 is 7.54. The molecule has 37 heavy (non-hydrogen) atoms. The standard InChI is InChI=1S/C31H31N5O/c1-22-9-11-25(12-10-22)35-18-17-34(19-23(35)2)30-29-28(24-7-5-4-6-8-24)20-36(31(29)33-21-32-30)26-13-15-27(37-3)16-14-26/h4-16,20-21,23H,17-19H2,1-3H3/t23-/m0/s1. The number of aromatic nitrogens is 3. The Morgan fingerprint density at radius 2 is 1.57 bits per heavy atom. The summed E-state index contributed by atoms with van der Waals surface area (Å²) in [6.07, 6.45) is 3.88. The molecule has 0 bridgehead atoms. The highest BCUT2D eigenvalue weighted by molar-refractivity contribution is 6.02. The zero-order chi connectivity index (χ0) is 25.4. The first-order valence-corrected chi connectivity index (χ1v) is 12.8. The molecule has 0 radical (unpaired) electrons. The summed E-state index contributed by atoms with van der Waals surface area (Å²) >= 11 is 0. The molecule has 1 aliphatic heterocycles. The van der Waals surface area contributed by atoms with Crippen LogP contribution in [0.1, 0.15) is 12.5 Å². The summed E-state index contributed by atoms with van der Waals surface area (Å²) in [6, 6.07) is 27.8. The number of aryl methyl sites for hydroxylation is 1. The van der Waals surface area contributed by atoms with E-state index in [1.54, 1.807) is 13.4 Å². The van der Waals surface area contributed by atoms with Crippen molar-refractivity contribution in [3.8, 4) is 22.6 Å². The van der Waals surface area contributed by atoms with Gasteiger partial charge in [-0.1, -0.05) is 48.0 Å². The lowest BCUT2D eigenvalue weighted by atomic mass is 10.1. The molecule has 1 fully saturated rings. The summed E-state index contributed by atoms with van der Waals surface area (Å²) in [5.41, 5.74) is 6.80. The van der Waals surface area contributed by atoms with Crippen LogP contribution >= 0.6 is 0 Å². The van der Waals surface area contributed by atoms with Gasteiger partial charge in [-0.3, -0.25) is 0 Å². The van der Waals surface area contributed by atoms with Crippen molar-refractivity contribution in [2.75, 3.05) is 36.5 Å².